The number of carbonyl (C=O) groups is 2. The number of ether oxygens (including phenoxy) is 2. The number of nitrogens with zero attached hydrogens (tertiary/aromatic N) is 4. The van der Waals surface area contributed by atoms with E-state index in [1.807, 2.05) is 0 Å². The summed E-state index contributed by atoms with van der Waals surface area (Å²) in [5, 5.41) is 16.0. The molecule has 1 saturated heterocycles. The standard InChI is InChI=1S/C24H28N8O4S/c1-35-16-4-2-3-15(11-16)28-23(34)30-24-26-14-20(37-24)19-12-17(18-13-27-31-21(18)29-19)22(33)25-5-6-32-7-9-36-10-8-32/h2-4,11,13-14,17H,5-10,12H2,1H3,(H,25,33)(H,27,31)(H2,26,28,30,34). The van der Waals surface area contributed by atoms with E-state index in [2.05, 4.69) is 41.0 Å². The normalized spacial score (nSPS) is 17.4. The molecule has 194 valence electrons. The summed E-state index contributed by atoms with van der Waals surface area (Å²) in [6.07, 6.45) is 3.72. The number of aliphatic imine (C=N–C) groups is 1. The minimum absolute atomic E-state index is 0.0659. The number of benzene rings is 1. The quantitative estimate of drug-likeness (QED) is 0.354. The molecule has 0 saturated carbocycles. The molecule has 3 aromatic rings. The average molecular weight is 525 g/mol. The van der Waals surface area contributed by atoms with E-state index < -0.39 is 11.9 Å². The van der Waals surface area contributed by atoms with Crippen molar-refractivity contribution in [3.63, 3.8) is 0 Å². The van der Waals surface area contributed by atoms with Gasteiger partial charge in [-0.05, 0) is 12.1 Å². The molecule has 2 aliphatic rings. The van der Waals surface area contributed by atoms with Crippen LogP contribution >= 0.6 is 11.3 Å². The molecule has 1 aromatic carbocycles. The average Bonchev–Trinajstić information content (AvgIpc) is 3.58. The SMILES string of the molecule is COc1cccc(NC(=O)Nc2ncc(C3=Nc4[nH]ncc4C(C(=O)NCCN4CCOCC4)C3)s2)c1. The Morgan fingerprint density at radius 1 is 1.24 bits per heavy atom. The molecule has 3 amide bonds. The monoisotopic (exact) mass is 524 g/mol. The lowest BCUT2D eigenvalue weighted by Crippen LogP contribution is -2.42. The molecule has 1 atom stereocenters. The zero-order valence-electron chi connectivity index (χ0n) is 20.3. The van der Waals surface area contributed by atoms with Crippen LogP contribution in [0.15, 0.2) is 41.7 Å². The van der Waals surface area contributed by atoms with Crippen molar-refractivity contribution in [2.24, 2.45) is 4.99 Å². The van der Waals surface area contributed by atoms with Crippen LogP contribution < -0.4 is 20.7 Å². The summed E-state index contributed by atoms with van der Waals surface area (Å²) < 4.78 is 10.6. The lowest BCUT2D eigenvalue weighted by Gasteiger charge is -2.27. The number of hydrogen-bond acceptors (Lipinski definition) is 9. The van der Waals surface area contributed by atoms with Crippen molar-refractivity contribution in [1.29, 1.82) is 0 Å². The van der Waals surface area contributed by atoms with Gasteiger partial charge < -0.3 is 20.1 Å². The largest absolute Gasteiger partial charge is 0.497 e. The van der Waals surface area contributed by atoms with Crippen molar-refractivity contribution in [3.8, 4) is 5.75 Å². The number of rotatable bonds is 8. The molecule has 0 radical (unpaired) electrons. The summed E-state index contributed by atoms with van der Waals surface area (Å²) in [6.45, 7) is 4.55. The van der Waals surface area contributed by atoms with Crippen LogP contribution in [0.25, 0.3) is 0 Å². The summed E-state index contributed by atoms with van der Waals surface area (Å²) in [7, 11) is 1.57. The van der Waals surface area contributed by atoms with E-state index in [0.717, 1.165) is 43.3 Å². The third kappa shape index (κ3) is 6.13. The van der Waals surface area contributed by atoms with Gasteiger partial charge in [0, 0.05) is 56.1 Å². The van der Waals surface area contributed by atoms with Crippen molar-refractivity contribution in [1.82, 2.24) is 25.4 Å². The van der Waals surface area contributed by atoms with E-state index in [1.165, 1.54) is 11.3 Å². The van der Waals surface area contributed by atoms with Gasteiger partial charge in [0.1, 0.15) is 5.75 Å². The highest BCUT2D eigenvalue weighted by Gasteiger charge is 2.31. The van der Waals surface area contributed by atoms with E-state index in [1.54, 1.807) is 43.8 Å². The fraction of sp³-hybridized carbons (Fsp3) is 0.375. The molecule has 1 unspecified atom stereocenters. The van der Waals surface area contributed by atoms with Gasteiger partial charge in [0.05, 0.1) is 43.0 Å². The maximum Gasteiger partial charge on any atom is 0.325 e. The summed E-state index contributed by atoms with van der Waals surface area (Å²) in [5.41, 5.74) is 2.08. The Hall–Kier alpha value is -3.81. The lowest BCUT2D eigenvalue weighted by atomic mass is 9.91. The molecule has 37 heavy (non-hydrogen) atoms. The van der Waals surface area contributed by atoms with Gasteiger partial charge in [-0.15, -0.1) is 0 Å². The van der Waals surface area contributed by atoms with E-state index in [-0.39, 0.29) is 5.91 Å². The zero-order valence-corrected chi connectivity index (χ0v) is 21.1. The number of aromatic amines is 1. The number of aromatic nitrogens is 3. The van der Waals surface area contributed by atoms with Crippen molar-refractivity contribution in [2.45, 2.75) is 12.3 Å². The van der Waals surface area contributed by atoms with Crippen LogP contribution in [0.4, 0.5) is 21.4 Å². The molecule has 0 aliphatic carbocycles. The van der Waals surface area contributed by atoms with E-state index in [9.17, 15) is 9.59 Å². The molecule has 12 nitrogen and oxygen atoms in total. The number of methoxy groups -OCH3 is 1. The number of thiazole rings is 1. The first-order valence-electron chi connectivity index (χ1n) is 12.0. The first kappa shape index (κ1) is 24.9. The summed E-state index contributed by atoms with van der Waals surface area (Å²) >= 11 is 1.29. The number of amides is 3. The molecule has 2 aromatic heterocycles. The molecular weight excluding hydrogens is 496 g/mol. The fourth-order valence-electron chi connectivity index (χ4n) is 4.22. The highest BCUT2D eigenvalue weighted by atomic mass is 32.1. The molecule has 0 bridgehead atoms. The van der Waals surface area contributed by atoms with Crippen molar-refractivity contribution >= 4 is 45.6 Å². The molecular formula is C24H28N8O4S. The minimum atomic E-state index is -0.423. The predicted molar refractivity (Wildman–Crippen MR) is 140 cm³/mol. The smallest absolute Gasteiger partial charge is 0.325 e. The lowest BCUT2D eigenvalue weighted by molar-refractivity contribution is -0.122. The Morgan fingerprint density at radius 2 is 2.11 bits per heavy atom. The van der Waals surface area contributed by atoms with Crippen molar-refractivity contribution in [2.75, 3.05) is 57.1 Å². The van der Waals surface area contributed by atoms with Crippen molar-refractivity contribution < 1.29 is 19.1 Å². The highest BCUT2D eigenvalue weighted by Crippen LogP contribution is 2.36. The van der Waals surface area contributed by atoms with Gasteiger partial charge in [0.2, 0.25) is 5.91 Å². The molecule has 4 heterocycles. The minimum Gasteiger partial charge on any atom is -0.497 e. The Balaban J connectivity index is 1.21. The zero-order chi connectivity index (χ0) is 25.6. The van der Waals surface area contributed by atoms with Gasteiger partial charge in [-0.1, -0.05) is 17.4 Å². The fourth-order valence-corrected chi connectivity index (χ4v) is 5.03. The number of fused-ring (bicyclic) bond motifs is 1. The second-order valence-electron chi connectivity index (χ2n) is 8.57. The second-order valence-corrected chi connectivity index (χ2v) is 9.61. The maximum atomic E-state index is 13.1. The topological polar surface area (TPSA) is 146 Å². The number of nitrogens with one attached hydrogen (secondary N) is 4. The first-order chi connectivity index (χ1) is 18.1. The van der Waals surface area contributed by atoms with Gasteiger partial charge in [-0.2, -0.15) is 5.10 Å². The van der Waals surface area contributed by atoms with Gasteiger partial charge in [0.25, 0.3) is 0 Å². The third-order valence-electron chi connectivity index (χ3n) is 6.15. The molecule has 2 aliphatic heterocycles. The maximum absolute atomic E-state index is 13.1. The van der Waals surface area contributed by atoms with Gasteiger partial charge in [-0.25, -0.2) is 14.8 Å². The Morgan fingerprint density at radius 3 is 2.95 bits per heavy atom. The van der Waals surface area contributed by atoms with Crippen LogP contribution in [0, 0.1) is 0 Å². The molecule has 5 rings (SSSR count). The number of hydrogen-bond donors (Lipinski definition) is 4. The summed E-state index contributed by atoms with van der Waals surface area (Å²) in [5.74, 6) is 0.723. The highest BCUT2D eigenvalue weighted by molar-refractivity contribution is 7.17. The van der Waals surface area contributed by atoms with E-state index in [0.29, 0.717) is 41.1 Å². The summed E-state index contributed by atoms with van der Waals surface area (Å²) in [4.78, 5) is 37.6. The Kier molecular flexibility index (Phi) is 7.73. The van der Waals surface area contributed by atoms with Crippen LogP contribution in [0.3, 0.4) is 0 Å². The van der Waals surface area contributed by atoms with Crippen LogP contribution in [-0.2, 0) is 9.53 Å². The van der Waals surface area contributed by atoms with E-state index in [4.69, 9.17) is 9.47 Å². The summed E-state index contributed by atoms with van der Waals surface area (Å²) in [6, 6.07) is 6.64. The first-order valence-corrected chi connectivity index (χ1v) is 12.8. The number of anilines is 2. The van der Waals surface area contributed by atoms with Crippen LogP contribution in [0.2, 0.25) is 0 Å². The van der Waals surface area contributed by atoms with Crippen LogP contribution in [0.5, 0.6) is 5.75 Å². The van der Waals surface area contributed by atoms with Crippen LogP contribution in [0.1, 0.15) is 22.8 Å². The van der Waals surface area contributed by atoms with Gasteiger partial charge in [-0.3, -0.25) is 20.1 Å². The molecule has 0 spiro atoms. The number of urea groups is 1. The Bertz CT molecular complexity index is 1280. The number of morpholine rings is 1. The van der Waals surface area contributed by atoms with E-state index >= 15 is 0 Å². The molecule has 1 fully saturated rings. The number of H-pyrrole nitrogens is 1. The number of carbonyl (C=O) groups excluding carboxylic acids is 2. The van der Waals surface area contributed by atoms with Gasteiger partial charge >= 0.3 is 6.03 Å². The molecule has 4 N–H and O–H groups in total. The predicted octanol–water partition coefficient (Wildman–Crippen LogP) is 2.58. The third-order valence-corrected chi connectivity index (χ3v) is 7.11. The van der Waals surface area contributed by atoms with Crippen LogP contribution in [-0.4, -0.2) is 84.2 Å². The Labute approximate surface area is 217 Å². The molecule has 13 heteroatoms. The van der Waals surface area contributed by atoms with Gasteiger partial charge in [0.15, 0.2) is 10.9 Å². The second kappa shape index (κ2) is 11.5. The van der Waals surface area contributed by atoms with Crippen molar-refractivity contribution in [3.05, 3.63) is 47.1 Å².